The largest absolute Gasteiger partial charge is 0.192 e. The number of hydrogen-bond acceptors (Lipinski definition) is 1. The van der Waals surface area contributed by atoms with Crippen molar-refractivity contribution in [2.45, 2.75) is 84.0 Å². The lowest BCUT2D eigenvalue weighted by molar-refractivity contribution is 0.384. The summed E-state index contributed by atoms with van der Waals surface area (Å²) >= 11 is 0. The third-order valence-electron chi connectivity index (χ3n) is 6.45. The molecule has 2 aromatic carbocycles. The minimum absolute atomic E-state index is 0.482. The average Bonchev–Trinajstić information content (AvgIpc) is 2.81. The summed E-state index contributed by atoms with van der Waals surface area (Å²) in [4.78, 5) is 0. The fraction of sp³-hybridized carbons (Fsp3) is 0.483. The molecule has 0 heterocycles. The maximum Gasteiger partial charge on any atom is 0.0994 e. The first kappa shape index (κ1) is 22.2. The first-order valence-electron chi connectivity index (χ1n) is 11.9. The van der Waals surface area contributed by atoms with Gasteiger partial charge in [-0.3, -0.25) is 0 Å². The Morgan fingerprint density at radius 3 is 2.23 bits per heavy atom. The monoisotopic (exact) mass is 397 g/mol. The maximum absolute atomic E-state index is 9.46. The summed E-state index contributed by atoms with van der Waals surface area (Å²) in [6, 6.07) is 17.9. The molecule has 0 radical (unpaired) electrons. The molecule has 1 heteroatoms. The van der Waals surface area contributed by atoms with E-state index in [0.29, 0.717) is 11.8 Å². The molecular formula is C29H35N. The van der Waals surface area contributed by atoms with Crippen LogP contribution in [0.5, 0.6) is 0 Å². The second-order valence-corrected chi connectivity index (χ2v) is 8.75. The summed E-state index contributed by atoms with van der Waals surface area (Å²) in [5.41, 5.74) is 5.91. The second kappa shape index (κ2) is 11.6. The lowest BCUT2D eigenvalue weighted by atomic mass is 9.78. The molecule has 1 fully saturated rings. The molecule has 156 valence electrons. The summed E-state index contributed by atoms with van der Waals surface area (Å²) in [5, 5.41) is 9.46. The lowest BCUT2D eigenvalue weighted by Gasteiger charge is -2.26. The molecule has 0 amide bonds. The molecule has 0 aliphatic heterocycles. The highest BCUT2D eigenvalue weighted by Gasteiger charge is 2.21. The molecular weight excluding hydrogens is 362 g/mol. The van der Waals surface area contributed by atoms with E-state index in [-0.39, 0.29) is 0 Å². The fourth-order valence-corrected chi connectivity index (χ4v) is 4.44. The molecule has 30 heavy (non-hydrogen) atoms. The second-order valence-electron chi connectivity index (χ2n) is 8.75. The van der Waals surface area contributed by atoms with Crippen LogP contribution in [0.3, 0.4) is 0 Å². The summed E-state index contributed by atoms with van der Waals surface area (Å²) in [7, 11) is 0. The number of nitriles is 1. The van der Waals surface area contributed by atoms with Crippen LogP contribution in [0.15, 0.2) is 42.5 Å². The number of hydrogen-bond donors (Lipinski definition) is 0. The van der Waals surface area contributed by atoms with Crippen LogP contribution in [0.2, 0.25) is 0 Å². The molecule has 0 N–H and O–H groups in total. The van der Waals surface area contributed by atoms with Gasteiger partial charge >= 0.3 is 0 Å². The van der Waals surface area contributed by atoms with E-state index in [0.717, 1.165) is 36.0 Å². The van der Waals surface area contributed by atoms with Gasteiger partial charge in [-0.25, -0.2) is 0 Å². The van der Waals surface area contributed by atoms with E-state index in [1.54, 1.807) is 0 Å². The van der Waals surface area contributed by atoms with Gasteiger partial charge in [-0.05, 0) is 86.1 Å². The molecule has 0 atom stereocenters. The Morgan fingerprint density at radius 2 is 1.57 bits per heavy atom. The van der Waals surface area contributed by atoms with Crippen molar-refractivity contribution in [3.8, 4) is 17.9 Å². The van der Waals surface area contributed by atoms with Gasteiger partial charge in [-0.2, -0.15) is 5.26 Å². The van der Waals surface area contributed by atoms with Gasteiger partial charge in [0.15, 0.2) is 0 Å². The highest BCUT2D eigenvalue weighted by molar-refractivity contribution is 5.46. The fourth-order valence-electron chi connectivity index (χ4n) is 4.44. The Labute approximate surface area is 183 Å². The molecule has 0 aromatic heterocycles. The van der Waals surface area contributed by atoms with Crippen molar-refractivity contribution in [3.05, 3.63) is 70.3 Å². The molecule has 1 aliphatic carbocycles. The predicted octanol–water partition coefficient (Wildman–Crippen LogP) is 7.57. The summed E-state index contributed by atoms with van der Waals surface area (Å²) < 4.78 is 0. The number of unbranched alkanes of at least 4 members (excludes halogenated alkanes) is 2. The van der Waals surface area contributed by atoms with Crippen molar-refractivity contribution < 1.29 is 0 Å². The third kappa shape index (κ3) is 6.24. The highest BCUT2D eigenvalue weighted by Crippen LogP contribution is 2.35. The number of benzene rings is 2. The van der Waals surface area contributed by atoms with Crippen LogP contribution in [0.4, 0.5) is 0 Å². The third-order valence-corrected chi connectivity index (χ3v) is 6.45. The molecule has 1 aliphatic rings. The van der Waals surface area contributed by atoms with Gasteiger partial charge in [-0.15, -0.1) is 0 Å². The molecule has 0 bridgehead atoms. The number of aryl methyl sites for hydroxylation is 2. The summed E-state index contributed by atoms with van der Waals surface area (Å²) in [5.74, 6) is 8.02. The van der Waals surface area contributed by atoms with E-state index >= 15 is 0 Å². The van der Waals surface area contributed by atoms with Crippen molar-refractivity contribution in [2.75, 3.05) is 0 Å². The topological polar surface area (TPSA) is 23.8 Å². The minimum atomic E-state index is 0.482. The average molecular weight is 398 g/mol. The van der Waals surface area contributed by atoms with Gasteiger partial charge in [0.1, 0.15) is 0 Å². The molecule has 0 spiro atoms. The molecule has 0 saturated heterocycles. The Bertz CT molecular complexity index is 896. The zero-order valence-corrected chi connectivity index (χ0v) is 18.7. The van der Waals surface area contributed by atoms with Crippen LogP contribution in [-0.4, -0.2) is 0 Å². The Kier molecular flexibility index (Phi) is 8.59. The quantitative estimate of drug-likeness (QED) is 0.442. The van der Waals surface area contributed by atoms with E-state index in [9.17, 15) is 5.26 Å². The van der Waals surface area contributed by atoms with E-state index in [1.807, 2.05) is 6.07 Å². The SMILES string of the molecule is CCCCc1ccc(C2CCC(C#Cc3ccc(CCCC)c(C#N)c3)CC2)cc1. The van der Waals surface area contributed by atoms with Crippen LogP contribution in [0.25, 0.3) is 0 Å². The summed E-state index contributed by atoms with van der Waals surface area (Å²) in [6.45, 7) is 4.43. The first-order chi connectivity index (χ1) is 14.7. The van der Waals surface area contributed by atoms with Gasteiger partial charge in [0, 0.05) is 11.5 Å². The molecule has 3 rings (SSSR count). The van der Waals surface area contributed by atoms with E-state index < -0.39 is 0 Å². The zero-order chi connectivity index (χ0) is 21.2. The minimum Gasteiger partial charge on any atom is -0.192 e. The van der Waals surface area contributed by atoms with Gasteiger partial charge in [-0.1, -0.05) is 68.9 Å². The van der Waals surface area contributed by atoms with Crippen LogP contribution >= 0.6 is 0 Å². The van der Waals surface area contributed by atoms with Crippen molar-refractivity contribution in [2.24, 2.45) is 5.92 Å². The van der Waals surface area contributed by atoms with Crippen LogP contribution in [-0.2, 0) is 12.8 Å². The maximum atomic E-state index is 9.46. The molecule has 0 unspecified atom stereocenters. The Hall–Kier alpha value is -2.51. The smallest absolute Gasteiger partial charge is 0.0994 e. The predicted molar refractivity (Wildman–Crippen MR) is 126 cm³/mol. The van der Waals surface area contributed by atoms with Crippen LogP contribution in [0, 0.1) is 29.1 Å². The van der Waals surface area contributed by atoms with Crippen LogP contribution < -0.4 is 0 Å². The first-order valence-corrected chi connectivity index (χ1v) is 11.9. The Balaban J connectivity index is 1.55. The van der Waals surface area contributed by atoms with Gasteiger partial charge in [0.25, 0.3) is 0 Å². The molecule has 2 aromatic rings. The normalized spacial score (nSPS) is 18.3. The van der Waals surface area contributed by atoms with Gasteiger partial charge in [0.2, 0.25) is 0 Å². The number of nitrogens with zero attached hydrogens (tertiary/aromatic N) is 1. The van der Waals surface area contributed by atoms with E-state index in [1.165, 1.54) is 56.1 Å². The zero-order valence-electron chi connectivity index (χ0n) is 18.7. The van der Waals surface area contributed by atoms with E-state index in [2.05, 4.69) is 68.2 Å². The van der Waals surface area contributed by atoms with Crippen molar-refractivity contribution in [1.29, 1.82) is 5.26 Å². The number of rotatable bonds is 7. The van der Waals surface area contributed by atoms with Crippen molar-refractivity contribution in [1.82, 2.24) is 0 Å². The van der Waals surface area contributed by atoms with E-state index in [4.69, 9.17) is 0 Å². The Morgan fingerprint density at radius 1 is 0.867 bits per heavy atom. The summed E-state index contributed by atoms with van der Waals surface area (Å²) in [6.07, 6.45) is 11.8. The van der Waals surface area contributed by atoms with Gasteiger partial charge in [0.05, 0.1) is 11.6 Å². The van der Waals surface area contributed by atoms with Crippen LogP contribution in [0.1, 0.15) is 98.9 Å². The van der Waals surface area contributed by atoms with Gasteiger partial charge < -0.3 is 0 Å². The standard InChI is InChI=1S/C29H35N/c1-3-5-7-23-11-16-27(17-12-23)28-18-13-24(14-19-28)9-10-25-15-20-26(8-6-4-2)29(21-25)22-30/h11-12,15-17,20-21,24,28H,3-8,13-14,18-19H2,1-2H3. The van der Waals surface area contributed by atoms with Crippen molar-refractivity contribution >= 4 is 0 Å². The van der Waals surface area contributed by atoms with Crippen molar-refractivity contribution in [3.63, 3.8) is 0 Å². The lowest BCUT2D eigenvalue weighted by Crippen LogP contribution is -2.12. The molecule has 1 nitrogen and oxygen atoms in total. The molecule has 1 saturated carbocycles. The highest BCUT2D eigenvalue weighted by atomic mass is 14.3.